The van der Waals surface area contributed by atoms with Crippen molar-refractivity contribution in [2.75, 3.05) is 17.7 Å². The molecule has 240 valence electrons. The van der Waals surface area contributed by atoms with Crippen molar-refractivity contribution in [3.8, 4) is 5.75 Å². The van der Waals surface area contributed by atoms with Crippen molar-refractivity contribution >= 4 is 50.2 Å². The SMILES string of the molecule is Cc1cc(Nc2ncc(Cl)c(Nc3ccccc3S(=O)(=O)C(C)C)n2)c(OC(C)C)cc1C1=C[C@@H](C2CC2)N(C)C(C2CC2)C1. The molecule has 3 aliphatic rings. The van der Waals surface area contributed by atoms with Gasteiger partial charge < -0.3 is 15.4 Å². The van der Waals surface area contributed by atoms with Gasteiger partial charge in [-0.2, -0.15) is 4.98 Å². The maximum Gasteiger partial charge on any atom is 0.229 e. The molecule has 2 heterocycles. The number of aromatic nitrogens is 2. The highest BCUT2D eigenvalue weighted by atomic mass is 35.5. The fourth-order valence-corrected chi connectivity index (χ4v) is 7.73. The Morgan fingerprint density at radius 1 is 1.00 bits per heavy atom. The number of halogens is 1. The lowest BCUT2D eigenvalue weighted by Gasteiger charge is -2.39. The van der Waals surface area contributed by atoms with Crippen LogP contribution >= 0.6 is 11.6 Å². The average molecular weight is 650 g/mol. The predicted molar refractivity (Wildman–Crippen MR) is 183 cm³/mol. The highest BCUT2D eigenvalue weighted by Gasteiger charge is 2.43. The summed E-state index contributed by atoms with van der Waals surface area (Å²) in [5.74, 6) is 2.91. The Hall–Kier alpha value is -3.14. The molecule has 0 spiro atoms. The zero-order chi connectivity index (χ0) is 32.0. The number of rotatable bonds is 11. The Bertz CT molecular complexity index is 1720. The second-order valence-corrected chi connectivity index (χ2v) is 16.2. The quantitative estimate of drug-likeness (QED) is 0.215. The molecule has 1 aromatic heterocycles. The van der Waals surface area contributed by atoms with Crippen molar-refractivity contribution in [1.82, 2.24) is 14.9 Å². The summed E-state index contributed by atoms with van der Waals surface area (Å²) in [4.78, 5) is 11.9. The first-order chi connectivity index (χ1) is 21.4. The first-order valence-corrected chi connectivity index (χ1v) is 18.0. The molecule has 2 aromatic carbocycles. The van der Waals surface area contributed by atoms with Gasteiger partial charge in [-0.15, -0.1) is 0 Å². The molecule has 3 aromatic rings. The van der Waals surface area contributed by atoms with E-state index in [0.29, 0.717) is 29.5 Å². The van der Waals surface area contributed by atoms with Crippen molar-refractivity contribution in [2.45, 2.75) is 95.1 Å². The van der Waals surface area contributed by atoms with E-state index in [1.807, 2.05) is 13.8 Å². The Morgan fingerprint density at radius 2 is 1.71 bits per heavy atom. The van der Waals surface area contributed by atoms with E-state index in [4.69, 9.17) is 16.3 Å². The lowest BCUT2D eigenvalue weighted by atomic mass is 9.85. The third-order valence-electron chi connectivity index (χ3n) is 9.16. The van der Waals surface area contributed by atoms with Crippen LogP contribution in [0.4, 0.5) is 23.1 Å². The van der Waals surface area contributed by atoms with E-state index in [1.165, 1.54) is 43.0 Å². The van der Waals surface area contributed by atoms with Gasteiger partial charge in [0, 0.05) is 12.1 Å². The van der Waals surface area contributed by atoms with Crippen LogP contribution < -0.4 is 15.4 Å². The molecule has 0 radical (unpaired) electrons. The van der Waals surface area contributed by atoms with E-state index < -0.39 is 15.1 Å². The zero-order valence-electron chi connectivity index (χ0n) is 27.0. The summed E-state index contributed by atoms with van der Waals surface area (Å²) >= 11 is 6.50. The molecule has 2 saturated carbocycles. The van der Waals surface area contributed by atoms with E-state index in [1.54, 1.807) is 38.1 Å². The molecule has 1 unspecified atom stereocenters. The number of nitrogens with zero attached hydrogens (tertiary/aromatic N) is 3. The number of aryl methyl sites for hydroxylation is 1. The van der Waals surface area contributed by atoms with Gasteiger partial charge in [-0.1, -0.05) is 29.8 Å². The Kier molecular flexibility index (Phi) is 8.89. The second-order valence-electron chi connectivity index (χ2n) is 13.4. The number of hydrogen-bond donors (Lipinski definition) is 2. The standard InChI is InChI=1S/C35H44ClN5O3S/c1-20(2)44-32-18-26(25-16-30(23-11-12-23)41(6)31(17-25)24-13-14-24)22(5)15-29(32)39-35-37-19-27(36)34(40-35)38-28-9-7-8-10-33(28)45(42,43)21(3)4/h7-10,15-16,18-21,23-24,30-31H,11-14,17H2,1-6H3,(H2,37,38,39,40)/t30-,31?/m0/s1. The Labute approximate surface area is 272 Å². The predicted octanol–water partition coefficient (Wildman–Crippen LogP) is 8.17. The minimum atomic E-state index is -3.54. The van der Waals surface area contributed by atoms with Crippen molar-refractivity contribution in [2.24, 2.45) is 11.8 Å². The van der Waals surface area contributed by atoms with Crippen molar-refractivity contribution in [1.29, 1.82) is 0 Å². The molecule has 8 nitrogen and oxygen atoms in total. The van der Waals surface area contributed by atoms with Crippen molar-refractivity contribution in [3.05, 3.63) is 64.8 Å². The van der Waals surface area contributed by atoms with Gasteiger partial charge in [-0.3, -0.25) is 4.90 Å². The number of likely N-dealkylation sites (N-methyl/N-ethyl adjacent to an activating group) is 1. The van der Waals surface area contributed by atoms with E-state index in [2.05, 4.69) is 57.7 Å². The van der Waals surface area contributed by atoms with Crippen LogP contribution in [0.2, 0.25) is 5.02 Å². The van der Waals surface area contributed by atoms with Gasteiger partial charge in [0.2, 0.25) is 5.95 Å². The lowest BCUT2D eigenvalue weighted by molar-refractivity contribution is 0.160. The van der Waals surface area contributed by atoms with Crippen molar-refractivity contribution < 1.29 is 13.2 Å². The van der Waals surface area contributed by atoms with Crippen LogP contribution in [0.25, 0.3) is 5.57 Å². The molecule has 2 N–H and O–H groups in total. The van der Waals surface area contributed by atoms with Crippen LogP contribution in [0.15, 0.2) is 53.6 Å². The summed E-state index contributed by atoms with van der Waals surface area (Å²) in [6.07, 6.45) is 10.3. The van der Waals surface area contributed by atoms with Crippen LogP contribution in [-0.4, -0.2) is 53.8 Å². The van der Waals surface area contributed by atoms with Gasteiger partial charge in [0.1, 0.15) is 10.8 Å². The molecule has 0 saturated heterocycles. The number of anilines is 4. The molecule has 2 fully saturated rings. The van der Waals surface area contributed by atoms with Gasteiger partial charge >= 0.3 is 0 Å². The molecule has 2 aliphatic carbocycles. The highest BCUT2D eigenvalue weighted by Crippen LogP contribution is 2.48. The van der Waals surface area contributed by atoms with E-state index >= 15 is 0 Å². The third kappa shape index (κ3) is 6.86. The summed E-state index contributed by atoms with van der Waals surface area (Å²) in [6.45, 7) is 9.52. The molecular formula is C35H44ClN5O3S. The molecule has 10 heteroatoms. The smallest absolute Gasteiger partial charge is 0.229 e. The first-order valence-electron chi connectivity index (χ1n) is 16.1. The lowest BCUT2D eigenvalue weighted by Crippen LogP contribution is -2.44. The van der Waals surface area contributed by atoms with E-state index in [0.717, 1.165) is 35.3 Å². The van der Waals surface area contributed by atoms with Gasteiger partial charge in [-0.25, -0.2) is 13.4 Å². The Balaban J connectivity index is 1.31. The Morgan fingerprint density at radius 3 is 2.38 bits per heavy atom. The average Bonchev–Trinajstić information content (AvgIpc) is 3.90. The molecular weight excluding hydrogens is 606 g/mol. The highest BCUT2D eigenvalue weighted by molar-refractivity contribution is 7.92. The molecule has 45 heavy (non-hydrogen) atoms. The maximum absolute atomic E-state index is 13.0. The van der Waals surface area contributed by atoms with Gasteiger partial charge in [0.05, 0.1) is 33.8 Å². The minimum absolute atomic E-state index is 0.0335. The van der Waals surface area contributed by atoms with Crippen LogP contribution in [0.1, 0.15) is 70.9 Å². The van der Waals surface area contributed by atoms with Crippen LogP contribution in [0.3, 0.4) is 0 Å². The third-order valence-corrected chi connectivity index (χ3v) is 11.6. The number of benzene rings is 2. The van der Waals surface area contributed by atoms with Gasteiger partial charge in [0.15, 0.2) is 15.7 Å². The summed E-state index contributed by atoms with van der Waals surface area (Å²) in [5.41, 5.74) is 4.98. The van der Waals surface area contributed by atoms with E-state index in [9.17, 15) is 8.42 Å². The number of para-hydroxylation sites is 1. The fraction of sp³-hybridized carbons (Fsp3) is 0.486. The first kappa shape index (κ1) is 31.8. The topological polar surface area (TPSA) is 96.5 Å². The summed E-state index contributed by atoms with van der Waals surface area (Å²) < 4.78 is 32.4. The van der Waals surface area contributed by atoms with Crippen LogP contribution in [-0.2, 0) is 9.84 Å². The second kappa shape index (κ2) is 12.6. The molecule has 0 bridgehead atoms. The monoisotopic (exact) mass is 649 g/mol. The van der Waals surface area contributed by atoms with E-state index in [-0.39, 0.29) is 16.0 Å². The number of hydrogen-bond acceptors (Lipinski definition) is 8. The fourth-order valence-electron chi connectivity index (χ4n) is 6.39. The van der Waals surface area contributed by atoms with Gasteiger partial charge in [0.25, 0.3) is 0 Å². The number of sulfone groups is 1. The minimum Gasteiger partial charge on any atom is -0.489 e. The normalized spacial score (nSPS) is 20.8. The maximum atomic E-state index is 13.0. The summed E-state index contributed by atoms with van der Waals surface area (Å²) in [7, 11) is -1.21. The molecule has 6 rings (SSSR count). The molecule has 2 atom stereocenters. The number of ether oxygens (including phenoxy) is 1. The zero-order valence-corrected chi connectivity index (χ0v) is 28.5. The summed E-state index contributed by atoms with van der Waals surface area (Å²) in [6, 6.07) is 12.1. The van der Waals surface area contributed by atoms with Gasteiger partial charge in [-0.05, 0) is 127 Å². The summed E-state index contributed by atoms with van der Waals surface area (Å²) in [5, 5.41) is 6.18. The van der Waals surface area contributed by atoms with Crippen LogP contribution in [0, 0.1) is 18.8 Å². The number of nitrogens with one attached hydrogen (secondary N) is 2. The molecule has 1 aliphatic heterocycles. The van der Waals surface area contributed by atoms with Crippen molar-refractivity contribution in [3.63, 3.8) is 0 Å². The van der Waals surface area contributed by atoms with Crippen LogP contribution in [0.5, 0.6) is 5.75 Å². The largest absolute Gasteiger partial charge is 0.489 e. The molecule has 0 amide bonds.